The lowest BCUT2D eigenvalue weighted by molar-refractivity contribution is -0.385. The Kier molecular flexibility index (Phi) is 6.89. The third kappa shape index (κ3) is 5.01. The van der Waals surface area contributed by atoms with Crippen LogP contribution in [0.4, 0.5) is 17.1 Å². The van der Waals surface area contributed by atoms with Crippen molar-refractivity contribution in [3.05, 3.63) is 58.1 Å². The van der Waals surface area contributed by atoms with E-state index in [1.807, 2.05) is 24.3 Å². The summed E-state index contributed by atoms with van der Waals surface area (Å²) >= 11 is 0. The first-order valence-corrected chi connectivity index (χ1v) is 11.9. The van der Waals surface area contributed by atoms with Crippen LogP contribution in [-0.2, 0) is 26.0 Å². The maximum absolute atomic E-state index is 13.2. The predicted molar refractivity (Wildman–Crippen MR) is 119 cm³/mol. The van der Waals surface area contributed by atoms with Crippen LogP contribution >= 0.6 is 0 Å². The second-order valence-corrected chi connectivity index (χ2v) is 9.48. The highest BCUT2D eigenvalue weighted by Gasteiger charge is 2.30. The number of nitro benzene ring substituents is 1. The van der Waals surface area contributed by atoms with Gasteiger partial charge in [-0.2, -0.15) is 4.31 Å². The molecule has 0 saturated carbocycles. The normalized spacial score (nSPS) is 17.8. The van der Waals surface area contributed by atoms with Gasteiger partial charge in [0.2, 0.25) is 10.0 Å². The van der Waals surface area contributed by atoms with Crippen molar-refractivity contribution in [2.75, 3.05) is 62.8 Å². The first-order chi connectivity index (χ1) is 15.4. The minimum absolute atomic E-state index is 0.0986. The molecule has 0 spiro atoms. The highest BCUT2D eigenvalue weighted by molar-refractivity contribution is 7.89. The maximum Gasteiger partial charge on any atom is 0.270 e. The van der Waals surface area contributed by atoms with E-state index in [1.54, 1.807) is 0 Å². The minimum atomic E-state index is -3.91. The number of sulfonamides is 1. The molecule has 2 aromatic carbocycles. The molecule has 172 valence electrons. The molecule has 2 fully saturated rings. The lowest BCUT2D eigenvalue weighted by atomic mass is 10.2. The number of rotatable bonds is 7. The number of morpholine rings is 2. The molecule has 0 aromatic heterocycles. The standard InChI is InChI=1S/C21H26N4O6S/c26-25(27)19-5-6-20(21(15-19)32(28,29)24-9-13-31-14-10-24)22-16-17-1-3-18(4-2-17)23-7-11-30-12-8-23/h1-6,15,22H,7-14,16H2. The van der Waals surface area contributed by atoms with E-state index in [-0.39, 0.29) is 23.7 Å². The fourth-order valence-corrected chi connectivity index (χ4v) is 5.35. The van der Waals surface area contributed by atoms with Crippen LogP contribution in [0.25, 0.3) is 0 Å². The van der Waals surface area contributed by atoms with Crippen LogP contribution in [0.15, 0.2) is 47.4 Å². The van der Waals surface area contributed by atoms with Crippen LogP contribution in [0.2, 0.25) is 0 Å². The summed E-state index contributed by atoms with van der Waals surface area (Å²) in [5.74, 6) is 0. The van der Waals surface area contributed by atoms with Crippen LogP contribution in [0.5, 0.6) is 0 Å². The van der Waals surface area contributed by atoms with E-state index in [4.69, 9.17) is 9.47 Å². The average Bonchev–Trinajstić information content (AvgIpc) is 2.84. The van der Waals surface area contributed by atoms with E-state index >= 15 is 0 Å². The lowest BCUT2D eigenvalue weighted by Crippen LogP contribution is -2.40. The number of benzene rings is 2. The number of hydrogen-bond acceptors (Lipinski definition) is 8. The van der Waals surface area contributed by atoms with E-state index in [0.717, 1.165) is 30.4 Å². The molecule has 2 saturated heterocycles. The summed E-state index contributed by atoms with van der Waals surface area (Å²) in [6, 6.07) is 11.9. The summed E-state index contributed by atoms with van der Waals surface area (Å²) in [5.41, 5.74) is 2.15. The third-order valence-corrected chi connectivity index (χ3v) is 7.50. The van der Waals surface area contributed by atoms with Gasteiger partial charge in [-0.05, 0) is 23.8 Å². The van der Waals surface area contributed by atoms with Gasteiger partial charge in [-0.1, -0.05) is 12.1 Å². The van der Waals surface area contributed by atoms with Gasteiger partial charge in [0.25, 0.3) is 5.69 Å². The van der Waals surface area contributed by atoms with Gasteiger partial charge in [0.1, 0.15) is 4.90 Å². The Morgan fingerprint density at radius 2 is 1.56 bits per heavy atom. The molecule has 11 heteroatoms. The third-order valence-electron chi connectivity index (χ3n) is 5.56. The van der Waals surface area contributed by atoms with Crippen molar-refractivity contribution >= 4 is 27.1 Å². The summed E-state index contributed by atoms with van der Waals surface area (Å²) in [4.78, 5) is 12.8. The number of anilines is 2. The summed E-state index contributed by atoms with van der Waals surface area (Å²) in [5, 5.41) is 14.4. The van der Waals surface area contributed by atoms with Gasteiger partial charge in [0, 0.05) is 50.5 Å². The van der Waals surface area contributed by atoms with Gasteiger partial charge in [-0.25, -0.2) is 8.42 Å². The Morgan fingerprint density at radius 1 is 0.938 bits per heavy atom. The van der Waals surface area contributed by atoms with Crippen molar-refractivity contribution in [2.45, 2.75) is 11.4 Å². The van der Waals surface area contributed by atoms with Crippen LogP contribution in [-0.4, -0.2) is 70.3 Å². The molecule has 2 aliphatic rings. The smallest absolute Gasteiger partial charge is 0.270 e. The monoisotopic (exact) mass is 462 g/mol. The average molecular weight is 463 g/mol. The van der Waals surface area contributed by atoms with Crippen molar-refractivity contribution in [1.82, 2.24) is 4.31 Å². The van der Waals surface area contributed by atoms with Gasteiger partial charge in [-0.3, -0.25) is 10.1 Å². The number of nitro groups is 1. The van der Waals surface area contributed by atoms with Crippen LogP contribution in [0.1, 0.15) is 5.56 Å². The Morgan fingerprint density at radius 3 is 2.19 bits per heavy atom. The second kappa shape index (κ2) is 9.82. The number of hydrogen-bond donors (Lipinski definition) is 1. The molecule has 1 N–H and O–H groups in total. The second-order valence-electron chi connectivity index (χ2n) is 7.57. The molecule has 0 atom stereocenters. The quantitative estimate of drug-likeness (QED) is 0.491. The zero-order chi connectivity index (χ0) is 22.6. The van der Waals surface area contributed by atoms with Gasteiger partial charge < -0.3 is 19.7 Å². The fourth-order valence-electron chi connectivity index (χ4n) is 3.75. The summed E-state index contributed by atoms with van der Waals surface area (Å²) in [6.45, 7) is 4.53. The highest BCUT2D eigenvalue weighted by Crippen LogP contribution is 2.30. The molecular formula is C21H26N4O6S. The molecule has 2 aliphatic heterocycles. The molecular weight excluding hydrogens is 436 g/mol. The minimum Gasteiger partial charge on any atom is -0.380 e. The van der Waals surface area contributed by atoms with Crippen molar-refractivity contribution in [1.29, 1.82) is 0 Å². The number of nitrogens with one attached hydrogen (secondary N) is 1. The Balaban J connectivity index is 1.53. The fraction of sp³-hybridized carbons (Fsp3) is 0.429. The molecule has 2 heterocycles. The Hall–Kier alpha value is -2.73. The van der Waals surface area contributed by atoms with Crippen LogP contribution < -0.4 is 10.2 Å². The molecule has 0 aliphatic carbocycles. The van der Waals surface area contributed by atoms with Crippen molar-refractivity contribution in [2.24, 2.45) is 0 Å². The van der Waals surface area contributed by atoms with E-state index in [1.165, 1.54) is 16.4 Å². The van der Waals surface area contributed by atoms with E-state index in [9.17, 15) is 18.5 Å². The molecule has 32 heavy (non-hydrogen) atoms. The number of ether oxygens (including phenoxy) is 2. The van der Waals surface area contributed by atoms with Gasteiger partial charge in [-0.15, -0.1) is 0 Å². The van der Waals surface area contributed by atoms with Gasteiger partial charge in [0.05, 0.1) is 37.0 Å². The van der Waals surface area contributed by atoms with Crippen LogP contribution in [0, 0.1) is 10.1 Å². The largest absolute Gasteiger partial charge is 0.380 e. The topological polar surface area (TPSA) is 114 Å². The first kappa shape index (κ1) is 22.5. The SMILES string of the molecule is O=[N+]([O-])c1ccc(NCc2ccc(N3CCOCC3)cc2)c(S(=O)(=O)N2CCOCC2)c1. The highest BCUT2D eigenvalue weighted by atomic mass is 32.2. The molecule has 0 amide bonds. The van der Waals surface area contributed by atoms with Gasteiger partial charge >= 0.3 is 0 Å². The van der Waals surface area contributed by atoms with Crippen molar-refractivity contribution in [3.8, 4) is 0 Å². The van der Waals surface area contributed by atoms with Gasteiger partial charge in [0.15, 0.2) is 0 Å². The summed E-state index contributed by atoms with van der Waals surface area (Å²) in [7, 11) is -3.91. The van der Waals surface area contributed by atoms with Crippen molar-refractivity contribution in [3.63, 3.8) is 0 Å². The Bertz CT molecular complexity index is 1050. The van der Waals surface area contributed by atoms with E-state index < -0.39 is 14.9 Å². The van der Waals surface area contributed by atoms with E-state index in [2.05, 4.69) is 10.2 Å². The van der Waals surface area contributed by atoms with Crippen LogP contribution in [0.3, 0.4) is 0 Å². The molecule has 4 rings (SSSR count). The number of non-ortho nitro benzene ring substituents is 1. The molecule has 0 unspecified atom stereocenters. The zero-order valence-electron chi connectivity index (χ0n) is 17.6. The summed E-state index contributed by atoms with van der Waals surface area (Å²) < 4.78 is 38.3. The molecule has 10 nitrogen and oxygen atoms in total. The van der Waals surface area contributed by atoms with Crippen molar-refractivity contribution < 1.29 is 22.8 Å². The molecule has 0 bridgehead atoms. The van der Waals surface area contributed by atoms with E-state index in [0.29, 0.717) is 38.7 Å². The lowest BCUT2D eigenvalue weighted by Gasteiger charge is -2.29. The number of nitrogens with zero attached hydrogens (tertiary/aromatic N) is 3. The molecule has 0 radical (unpaired) electrons. The predicted octanol–water partition coefficient (Wildman–Crippen LogP) is 2.06. The Labute approximate surface area is 186 Å². The maximum atomic E-state index is 13.2. The first-order valence-electron chi connectivity index (χ1n) is 10.5. The zero-order valence-corrected chi connectivity index (χ0v) is 18.4. The molecule has 2 aromatic rings. The summed E-state index contributed by atoms with van der Waals surface area (Å²) in [6.07, 6.45) is 0.